The van der Waals surface area contributed by atoms with Gasteiger partial charge in [-0.15, -0.1) is 11.3 Å². The summed E-state index contributed by atoms with van der Waals surface area (Å²) >= 11 is 1.62. The molecule has 4 atom stereocenters. The summed E-state index contributed by atoms with van der Waals surface area (Å²) in [7, 11) is 0. The molecule has 0 radical (unpaired) electrons. The lowest BCUT2D eigenvalue weighted by molar-refractivity contribution is -0.156. The topological polar surface area (TPSA) is 91.6 Å². The third-order valence-corrected chi connectivity index (χ3v) is 7.30. The minimum atomic E-state index is -0.431. The van der Waals surface area contributed by atoms with Gasteiger partial charge in [0.2, 0.25) is 17.7 Å². The highest BCUT2D eigenvalue weighted by Crippen LogP contribution is 2.42. The van der Waals surface area contributed by atoms with Gasteiger partial charge in [-0.25, -0.2) is 0 Å². The second kappa shape index (κ2) is 7.44. The Balaban J connectivity index is 1.41. The predicted molar refractivity (Wildman–Crippen MR) is 107 cm³/mol. The Morgan fingerprint density at radius 1 is 1.38 bits per heavy atom. The average Bonchev–Trinajstić information content (AvgIpc) is 3.39. The molecule has 5 rings (SSSR count). The van der Waals surface area contributed by atoms with Gasteiger partial charge in [0, 0.05) is 43.3 Å². The van der Waals surface area contributed by atoms with Gasteiger partial charge in [-0.3, -0.25) is 9.59 Å². The largest absolute Gasteiger partial charge is 0.349 e. The van der Waals surface area contributed by atoms with Crippen LogP contribution in [0.5, 0.6) is 0 Å². The number of nitrogens with zero attached hydrogens (tertiary/aromatic N) is 4. The molecule has 0 aromatic carbocycles. The second-order valence-corrected chi connectivity index (χ2v) is 9.31. The Morgan fingerprint density at radius 3 is 3.00 bits per heavy atom. The van der Waals surface area contributed by atoms with Gasteiger partial charge in [0.05, 0.1) is 6.54 Å². The zero-order valence-corrected chi connectivity index (χ0v) is 17.2. The van der Waals surface area contributed by atoms with E-state index in [1.807, 2.05) is 22.4 Å². The van der Waals surface area contributed by atoms with Gasteiger partial charge in [0.1, 0.15) is 6.04 Å². The Hall–Kier alpha value is -2.42. The average molecular weight is 416 g/mol. The van der Waals surface area contributed by atoms with Gasteiger partial charge in [0.15, 0.2) is 0 Å². The molecule has 2 aromatic heterocycles. The fraction of sp³-hybridized carbons (Fsp3) is 0.600. The summed E-state index contributed by atoms with van der Waals surface area (Å²) in [5.41, 5.74) is 0. The van der Waals surface area contributed by atoms with Crippen molar-refractivity contribution in [1.29, 1.82) is 0 Å². The van der Waals surface area contributed by atoms with Crippen LogP contribution in [0.1, 0.15) is 36.5 Å². The molecule has 0 spiro atoms. The number of hydrogen-bond acceptors (Lipinski definition) is 7. The van der Waals surface area contributed by atoms with Gasteiger partial charge in [-0.2, -0.15) is 4.98 Å². The molecule has 0 saturated carbocycles. The molecule has 9 heteroatoms. The fourth-order valence-electron chi connectivity index (χ4n) is 5.27. The van der Waals surface area contributed by atoms with Crippen molar-refractivity contribution < 1.29 is 14.1 Å². The molecule has 8 nitrogen and oxygen atoms in total. The van der Waals surface area contributed by atoms with Crippen molar-refractivity contribution >= 4 is 29.1 Å². The van der Waals surface area contributed by atoms with Gasteiger partial charge >= 0.3 is 0 Å². The predicted octanol–water partition coefficient (Wildman–Crippen LogP) is 1.96. The number of piperidine rings is 3. The maximum Gasteiger partial charge on any atom is 0.266 e. The van der Waals surface area contributed by atoms with Crippen LogP contribution < -0.4 is 10.2 Å². The molecule has 29 heavy (non-hydrogen) atoms. The first-order valence-corrected chi connectivity index (χ1v) is 11.1. The highest BCUT2D eigenvalue weighted by molar-refractivity contribution is 7.09. The van der Waals surface area contributed by atoms with Crippen LogP contribution in [0.4, 0.5) is 5.95 Å². The number of fused-ring (bicyclic) bond motifs is 4. The van der Waals surface area contributed by atoms with E-state index in [0.29, 0.717) is 37.3 Å². The number of carbonyl (C=O) groups excluding carboxylic acids is 2. The smallest absolute Gasteiger partial charge is 0.266 e. The molecule has 3 fully saturated rings. The quantitative estimate of drug-likeness (QED) is 0.821. The summed E-state index contributed by atoms with van der Waals surface area (Å²) in [6.07, 6.45) is 3.35. The van der Waals surface area contributed by atoms with Gasteiger partial charge < -0.3 is 19.6 Å². The Bertz CT molecular complexity index is 898. The number of anilines is 1. The highest BCUT2D eigenvalue weighted by Gasteiger charge is 2.52. The van der Waals surface area contributed by atoms with E-state index in [1.54, 1.807) is 18.3 Å². The summed E-state index contributed by atoms with van der Waals surface area (Å²) < 4.78 is 5.17. The van der Waals surface area contributed by atoms with Crippen LogP contribution in [0.3, 0.4) is 0 Å². The van der Waals surface area contributed by atoms with Crippen LogP contribution in [0.15, 0.2) is 22.0 Å². The van der Waals surface area contributed by atoms with Gasteiger partial charge in [-0.05, 0) is 41.8 Å². The molecule has 3 aliphatic rings. The second-order valence-electron chi connectivity index (χ2n) is 8.28. The maximum absolute atomic E-state index is 13.3. The minimum absolute atomic E-state index is 0.0479. The molecule has 2 amide bonds. The summed E-state index contributed by atoms with van der Waals surface area (Å²) in [6, 6.07) is 3.67. The number of nitrogens with one attached hydrogen (secondary N) is 1. The summed E-state index contributed by atoms with van der Waals surface area (Å²) in [6.45, 7) is 3.74. The normalized spacial score (nSPS) is 28.9. The number of aromatic nitrogens is 2. The number of hydrogen-bond donors (Lipinski definition) is 1. The van der Waals surface area contributed by atoms with E-state index in [1.165, 1.54) is 0 Å². The monoisotopic (exact) mass is 415 g/mol. The fourth-order valence-corrected chi connectivity index (χ4v) is 5.91. The van der Waals surface area contributed by atoms with Crippen molar-refractivity contribution in [2.75, 3.05) is 18.0 Å². The summed E-state index contributed by atoms with van der Waals surface area (Å²) in [5.74, 6) is 1.60. The number of carbonyl (C=O) groups is 2. The van der Waals surface area contributed by atoms with Crippen molar-refractivity contribution in [2.24, 2.45) is 11.8 Å². The molecule has 0 aliphatic carbocycles. The first kappa shape index (κ1) is 18.6. The van der Waals surface area contributed by atoms with E-state index in [-0.39, 0.29) is 23.8 Å². The lowest BCUT2D eigenvalue weighted by Crippen LogP contribution is -2.68. The molecule has 154 valence electrons. The number of rotatable bonds is 4. The SMILES string of the molecule is Cc1nc(N2C[C@H]3C[C@@H](C2)[C@H](C(=O)NCc2cccs2)N2C(=O)CCC[C@@H]32)no1. The third kappa shape index (κ3) is 3.41. The number of amides is 2. The van der Waals surface area contributed by atoms with E-state index in [2.05, 4.69) is 20.4 Å². The van der Waals surface area contributed by atoms with Crippen LogP contribution >= 0.6 is 11.3 Å². The van der Waals surface area contributed by atoms with E-state index in [9.17, 15) is 9.59 Å². The van der Waals surface area contributed by atoms with Crippen LogP contribution in [-0.4, -0.2) is 52.0 Å². The zero-order chi connectivity index (χ0) is 20.0. The molecule has 1 N–H and O–H groups in total. The Labute approximate surface area is 173 Å². The van der Waals surface area contributed by atoms with Crippen LogP contribution in [0.2, 0.25) is 0 Å². The summed E-state index contributed by atoms with van der Waals surface area (Å²) in [4.78, 5) is 35.7. The molecule has 2 aromatic rings. The number of thiophene rings is 1. The molecule has 3 saturated heterocycles. The van der Waals surface area contributed by atoms with Gasteiger partial charge in [0.25, 0.3) is 5.95 Å². The van der Waals surface area contributed by atoms with Crippen LogP contribution in [-0.2, 0) is 16.1 Å². The van der Waals surface area contributed by atoms with E-state index >= 15 is 0 Å². The number of aryl methyl sites for hydroxylation is 1. The molecule has 5 heterocycles. The van der Waals surface area contributed by atoms with Crippen LogP contribution in [0.25, 0.3) is 0 Å². The third-order valence-electron chi connectivity index (χ3n) is 6.43. The zero-order valence-electron chi connectivity index (χ0n) is 16.4. The first-order valence-electron chi connectivity index (χ1n) is 10.3. The highest BCUT2D eigenvalue weighted by atomic mass is 32.1. The van der Waals surface area contributed by atoms with Gasteiger partial charge in [-0.1, -0.05) is 6.07 Å². The molecule has 0 unspecified atom stereocenters. The Kier molecular flexibility index (Phi) is 4.77. The molecule has 2 bridgehead atoms. The lowest BCUT2D eigenvalue weighted by Gasteiger charge is -2.55. The molecular formula is C20H25N5O3S. The van der Waals surface area contributed by atoms with Crippen molar-refractivity contribution in [3.8, 4) is 0 Å². The lowest BCUT2D eigenvalue weighted by atomic mass is 9.72. The van der Waals surface area contributed by atoms with Crippen molar-refractivity contribution in [1.82, 2.24) is 20.4 Å². The maximum atomic E-state index is 13.3. The first-order chi connectivity index (χ1) is 14.1. The molecular weight excluding hydrogens is 390 g/mol. The van der Waals surface area contributed by atoms with E-state index < -0.39 is 6.04 Å². The van der Waals surface area contributed by atoms with Crippen molar-refractivity contribution in [2.45, 2.75) is 51.2 Å². The van der Waals surface area contributed by atoms with E-state index in [4.69, 9.17) is 4.52 Å². The van der Waals surface area contributed by atoms with Crippen molar-refractivity contribution in [3.63, 3.8) is 0 Å². The Morgan fingerprint density at radius 2 is 2.24 bits per heavy atom. The minimum Gasteiger partial charge on any atom is -0.349 e. The molecule has 3 aliphatic heterocycles. The summed E-state index contributed by atoms with van der Waals surface area (Å²) in [5, 5.41) is 9.17. The standard InChI is InChI=1S/C20H25N5O3S/c1-12-22-20(23-28-12)24-10-13-8-14(11-24)18(25-16(13)5-2-6-17(25)26)19(27)21-9-15-4-3-7-29-15/h3-4,7,13-14,16,18H,2,5-6,8-11H2,1H3,(H,21,27)/t13-,14+,16+,18-/m1/s1. The van der Waals surface area contributed by atoms with E-state index in [0.717, 1.165) is 30.7 Å². The van der Waals surface area contributed by atoms with Crippen molar-refractivity contribution in [3.05, 3.63) is 28.3 Å². The van der Waals surface area contributed by atoms with Crippen LogP contribution in [0, 0.1) is 18.8 Å².